The Labute approximate surface area is 151 Å². The highest BCUT2D eigenvalue weighted by molar-refractivity contribution is 7.89. The van der Waals surface area contributed by atoms with E-state index in [1.54, 1.807) is 30.5 Å². The third kappa shape index (κ3) is 5.79. The summed E-state index contributed by atoms with van der Waals surface area (Å²) in [6.45, 7) is 1.31. The molecule has 0 aliphatic rings. The van der Waals surface area contributed by atoms with Crippen molar-refractivity contribution in [3.8, 4) is 0 Å². The predicted octanol–water partition coefficient (Wildman–Crippen LogP) is 2.04. The van der Waals surface area contributed by atoms with Crippen LogP contribution in [0.25, 0.3) is 0 Å². The minimum atomic E-state index is -3.57. The summed E-state index contributed by atoms with van der Waals surface area (Å²) in [6, 6.07) is 10.2. The number of guanidine groups is 1. The summed E-state index contributed by atoms with van der Waals surface area (Å²) in [5.74, 6) is 0.616. The van der Waals surface area contributed by atoms with Gasteiger partial charge in [0.05, 0.1) is 11.4 Å². The Kier molecular flexibility index (Phi) is 7.04. The largest absolute Gasteiger partial charge is 0.355 e. The highest BCUT2D eigenvalue weighted by atomic mass is 35.5. The van der Waals surface area contributed by atoms with Crippen molar-refractivity contribution in [2.75, 3.05) is 20.1 Å². The Balaban J connectivity index is 1.76. The summed E-state index contributed by atoms with van der Waals surface area (Å²) in [6.07, 6.45) is 0. The van der Waals surface area contributed by atoms with Crippen LogP contribution in [0.3, 0.4) is 0 Å². The normalized spacial score (nSPS) is 12.2. The van der Waals surface area contributed by atoms with Crippen LogP contribution in [0.15, 0.2) is 51.7 Å². The molecule has 3 N–H and O–H groups in total. The number of hydrogen-bond donors (Lipinski definition) is 3. The molecule has 0 unspecified atom stereocenters. The highest BCUT2D eigenvalue weighted by Crippen LogP contribution is 2.14. The van der Waals surface area contributed by atoms with Crippen LogP contribution in [0.5, 0.6) is 0 Å². The van der Waals surface area contributed by atoms with E-state index in [1.165, 1.54) is 17.0 Å². The quantitative estimate of drug-likeness (QED) is 0.386. The zero-order valence-electron chi connectivity index (χ0n) is 13.1. The Morgan fingerprint density at radius 3 is 2.71 bits per heavy atom. The van der Waals surface area contributed by atoms with Gasteiger partial charge in [-0.1, -0.05) is 23.7 Å². The number of hydrogen-bond acceptors (Lipinski definition) is 4. The Morgan fingerprint density at radius 2 is 2.04 bits per heavy atom. The molecule has 0 atom stereocenters. The summed E-state index contributed by atoms with van der Waals surface area (Å²) < 4.78 is 26.8. The summed E-state index contributed by atoms with van der Waals surface area (Å²) in [7, 11) is -1.90. The fourth-order valence-corrected chi connectivity index (χ4v) is 3.87. The monoisotopic (exact) mass is 386 g/mol. The SMILES string of the molecule is CN=C(NCCNS(=O)(=O)c1cccc(Cl)c1)NCc1cccs1. The molecule has 0 saturated heterocycles. The standard InChI is InChI=1S/C15H19ClN4O2S2/c1-17-15(19-11-13-5-3-9-23-13)18-7-8-20-24(21,22)14-6-2-4-12(16)10-14/h2-6,9-10,20H,7-8,11H2,1H3,(H2,17,18,19). The molecular formula is C15H19ClN4O2S2. The van der Waals surface area contributed by atoms with Crippen molar-refractivity contribution >= 4 is 38.9 Å². The van der Waals surface area contributed by atoms with Gasteiger partial charge in [-0.3, -0.25) is 4.99 Å². The number of aliphatic imine (C=N–C) groups is 1. The molecule has 1 aromatic carbocycles. The molecule has 0 fully saturated rings. The van der Waals surface area contributed by atoms with Gasteiger partial charge in [0.25, 0.3) is 0 Å². The van der Waals surface area contributed by atoms with E-state index >= 15 is 0 Å². The molecule has 1 aromatic heterocycles. The summed E-state index contributed by atoms with van der Waals surface area (Å²) >= 11 is 7.48. The predicted molar refractivity (Wildman–Crippen MR) is 99.2 cm³/mol. The van der Waals surface area contributed by atoms with E-state index in [0.29, 0.717) is 24.1 Å². The van der Waals surface area contributed by atoms with E-state index in [1.807, 2.05) is 17.5 Å². The highest BCUT2D eigenvalue weighted by Gasteiger charge is 2.13. The molecule has 0 aliphatic carbocycles. The average Bonchev–Trinajstić information content (AvgIpc) is 3.07. The lowest BCUT2D eigenvalue weighted by molar-refractivity contribution is 0.580. The molecule has 9 heteroatoms. The van der Waals surface area contributed by atoms with E-state index in [9.17, 15) is 8.42 Å². The lowest BCUT2D eigenvalue weighted by Crippen LogP contribution is -2.41. The first kappa shape index (κ1) is 18.7. The molecule has 0 radical (unpaired) electrons. The molecule has 0 amide bonds. The molecule has 2 aromatic rings. The lowest BCUT2D eigenvalue weighted by Gasteiger charge is -2.12. The first-order valence-corrected chi connectivity index (χ1v) is 9.97. The van der Waals surface area contributed by atoms with Crippen LogP contribution >= 0.6 is 22.9 Å². The number of halogens is 1. The summed E-state index contributed by atoms with van der Waals surface area (Å²) in [5, 5.41) is 8.62. The van der Waals surface area contributed by atoms with Crippen LogP contribution in [0.4, 0.5) is 0 Å². The Bertz CT molecular complexity index is 777. The van der Waals surface area contributed by atoms with Gasteiger partial charge in [0.2, 0.25) is 10.0 Å². The molecule has 0 aliphatic heterocycles. The second-order valence-electron chi connectivity index (χ2n) is 4.79. The third-order valence-corrected chi connectivity index (χ3v) is 5.62. The van der Waals surface area contributed by atoms with Crippen molar-refractivity contribution in [3.05, 3.63) is 51.7 Å². The second-order valence-corrected chi connectivity index (χ2v) is 8.02. The molecular weight excluding hydrogens is 368 g/mol. The van der Waals surface area contributed by atoms with Gasteiger partial charge in [-0.25, -0.2) is 13.1 Å². The van der Waals surface area contributed by atoms with E-state index in [4.69, 9.17) is 11.6 Å². The van der Waals surface area contributed by atoms with Gasteiger partial charge in [-0.15, -0.1) is 11.3 Å². The van der Waals surface area contributed by atoms with Gasteiger partial charge >= 0.3 is 0 Å². The van der Waals surface area contributed by atoms with Crippen molar-refractivity contribution in [1.82, 2.24) is 15.4 Å². The first-order valence-electron chi connectivity index (χ1n) is 7.23. The Hall–Kier alpha value is -1.61. The second kappa shape index (κ2) is 9.03. The number of sulfonamides is 1. The summed E-state index contributed by atoms with van der Waals surface area (Å²) in [4.78, 5) is 5.44. The molecule has 2 rings (SSSR count). The topological polar surface area (TPSA) is 82.6 Å². The number of benzene rings is 1. The van der Waals surface area contributed by atoms with Gasteiger partial charge in [0.15, 0.2) is 5.96 Å². The Morgan fingerprint density at radius 1 is 1.21 bits per heavy atom. The fraction of sp³-hybridized carbons (Fsp3) is 0.267. The van der Waals surface area contributed by atoms with Gasteiger partial charge in [-0.05, 0) is 29.6 Å². The minimum absolute atomic E-state index is 0.148. The first-order chi connectivity index (χ1) is 11.5. The zero-order valence-corrected chi connectivity index (χ0v) is 15.5. The van der Waals surface area contributed by atoms with Gasteiger partial charge < -0.3 is 10.6 Å². The number of nitrogens with one attached hydrogen (secondary N) is 3. The van der Waals surface area contributed by atoms with E-state index < -0.39 is 10.0 Å². The maximum Gasteiger partial charge on any atom is 0.240 e. The zero-order chi connectivity index (χ0) is 17.4. The minimum Gasteiger partial charge on any atom is -0.355 e. The molecule has 130 valence electrons. The number of rotatable bonds is 7. The molecule has 0 spiro atoms. The fourth-order valence-electron chi connectivity index (χ4n) is 1.89. The van der Waals surface area contributed by atoms with Crippen molar-refractivity contribution in [1.29, 1.82) is 0 Å². The van der Waals surface area contributed by atoms with Crippen LogP contribution in [0.1, 0.15) is 4.88 Å². The van der Waals surface area contributed by atoms with Crippen molar-refractivity contribution in [2.24, 2.45) is 4.99 Å². The van der Waals surface area contributed by atoms with Gasteiger partial charge in [-0.2, -0.15) is 0 Å². The van der Waals surface area contributed by atoms with Crippen LogP contribution < -0.4 is 15.4 Å². The van der Waals surface area contributed by atoms with Gasteiger partial charge in [0.1, 0.15) is 0 Å². The van der Waals surface area contributed by atoms with Crippen molar-refractivity contribution in [2.45, 2.75) is 11.4 Å². The lowest BCUT2D eigenvalue weighted by atomic mass is 10.4. The maximum atomic E-state index is 12.1. The third-order valence-electron chi connectivity index (χ3n) is 3.05. The van der Waals surface area contributed by atoms with Crippen LogP contribution in [-0.4, -0.2) is 34.5 Å². The van der Waals surface area contributed by atoms with E-state index in [2.05, 4.69) is 20.3 Å². The van der Waals surface area contributed by atoms with Crippen LogP contribution in [-0.2, 0) is 16.6 Å². The van der Waals surface area contributed by atoms with Crippen molar-refractivity contribution < 1.29 is 8.42 Å². The smallest absolute Gasteiger partial charge is 0.240 e. The molecule has 0 saturated carbocycles. The molecule has 24 heavy (non-hydrogen) atoms. The van der Waals surface area contributed by atoms with E-state index in [0.717, 1.165) is 0 Å². The number of nitrogens with zero attached hydrogens (tertiary/aromatic N) is 1. The van der Waals surface area contributed by atoms with Crippen LogP contribution in [0.2, 0.25) is 5.02 Å². The molecule has 6 nitrogen and oxygen atoms in total. The molecule has 1 heterocycles. The molecule has 0 bridgehead atoms. The average molecular weight is 387 g/mol. The van der Waals surface area contributed by atoms with Crippen molar-refractivity contribution in [3.63, 3.8) is 0 Å². The maximum absolute atomic E-state index is 12.1. The van der Waals surface area contributed by atoms with E-state index in [-0.39, 0.29) is 11.4 Å². The summed E-state index contributed by atoms with van der Waals surface area (Å²) in [5.41, 5.74) is 0. The van der Waals surface area contributed by atoms with Crippen LogP contribution in [0, 0.1) is 0 Å². The van der Waals surface area contributed by atoms with Gasteiger partial charge in [0, 0.05) is 30.0 Å². The number of thiophene rings is 1.